The molecule has 2 rings (SSSR count). The van der Waals surface area contributed by atoms with Gasteiger partial charge in [0.05, 0.1) is 13.2 Å². The first kappa shape index (κ1) is 9.98. The number of rotatable bonds is 3. The van der Waals surface area contributed by atoms with Crippen molar-refractivity contribution in [2.45, 2.75) is 12.5 Å². The average molecular weight is 206 g/mol. The van der Waals surface area contributed by atoms with E-state index in [1.54, 1.807) is 12.1 Å². The van der Waals surface area contributed by atoms with Gasteiger partial charge in [0, 0.05) is 12.0 Å². The molecule has 1 saturated heterocycles. The van der Waals surface area contributed by atoms with Crippen LogP contribution in [-0.2, 0) is 4.74 Å². The van der Waals surface area contributed by atoms with E-state index in [4.69, 9.17) is 20.6 Å². The van der Waals surface area contributed by atoms with Crippen molar-refractivity contribution in [1.29, 1.82) is 5.41 Å². The summed E-state index contributed by atoms with van der Waals surface area (Å²) in [5, 5.41) is 7.31. The normalized spacial score (nSPS) is 20.1. The number of ether oxygens (including phenoxy) is 2. The van der Waals surface area contributed by atoms with E-state index in [0.29, 0.717) is 12.2 Å². The van der Waals surface area contributed by atoms with Crippen LogP contribution in [0.25, 0.3) is 0 Å². The van der Waals surface area contributed by atoms with Gasteiger partial charge in [-0.3, -0.25) is 5.41 Å². The summed E-state index contributed by atoms with van der Waals surface area (Å²) in [6, 6.07) is 7.27. The van der Waals surface area contributed by atoms with Crippen LogP contribution < -0.4 is 10.5 Å². The van der Waals surface area contributed by atoms with Gasteiger partial charge in [-0.1, -0.05) is 12.1 Å². The van der Waals surface area contributed by atoms with Gasteiger partial charge in [-0.25, -0.2) is 0 Å². The van der Waals surface area contributed by atoms with Gasteiger partial charge in [0.25, 0.3) is 0 Å². The highest BCUT2D eigenvalue weighted by Crippen LogP contribution is 2.18. The van der Waals surface area contributed by atoms with Gasteiger partial charge in [0.2, 0.25) is 0 Å². The van der Waals surface area contributed by atoms with Gasteiger partial charge in [-0.15, -0.1) is 0 Å². The smallest absolute Gasteiger partial charge is 0.124 e. The maximum absolute atomic E-state index is 7.31. The maximum atomic E-state index is 7.31. The molecule has 1 atom stereocenters. The number of hydrogen-bond donors (Lipinski definition) is 2. The monoisotopic (exact) mass is 206 g/mol. The van der Waals surface area contributed by atoms with Crippen molar-refractivity contribution in [1.82, 2.24) is 0 Å². The second-order valence-electron chi connectivity index (χ2n) is 3.54. The van der Waals surface area contributed by atoms with Crippen molar-refractivity contribution >= 4 is 5.84 Å². The van der Waals surface area contributed by atoms with E-state index >= 15 is 0 Å². The standard InChI is InChI=1S/C11H14N2O2/c12-11(13)8-2-1-3-9(6-8)15-10-4-5-14-7-10/h1-3,6,10H,4-5,7H2,(H3,12,13). The fourth-order valence-electron chi connectivity index (χ4n) is 1.54. The molecule has 1 aliphatic rings. The highest BCUT2D eigenvalue weighted by atomic mass is 16.5. The number of nitrogens with one attached hydrogen (secondary N) is 1. The highest BCUT2D eigenvalue weighted by molar-refractivity contribution is 5.95. The Hall–Kier alpha value is -1.55. The topological polar surface area (TPSA) is 68.3 Å². The zero-order valence-electron chi connectivity index (χ0n) is 8.40. The van der Waals surface area contributed by atoms with E-state index in [2.05, 4.69) is 0 Å². The van der Waals surface area contributed by atoms with Gasteiger partial charge in [0.1, 0.15) is 17.7 Å². The molecule has 4 heteroatoms. The molecule has 1 aromatic rings. The van der Waals surface area contributed by atoms with Gasteiger partial charge < -0.3 is 15.2 Å². The van der Waals surface area contributed by atoms with Gasteiger partial charge in [-0.05, 0) is 12.1 Å². The van der Waals surface area contributed by atoms with Crippen LogP contribution in [0.5, 0.6) is 5.75 Å². The number of nitrogens with two attached hydrogens (primary N) is 1. The second-order valence-corrected chi connectivity index (χ2v) is 3.54. The SMILES string of the molecule is N=C(N)c1cccc(OC2CCOC2)c1. The minimum absolute atomic E-state index is 0.0584. The lowest BCUT2D eigenvalue weighted by molar-refractivity contribution is 0.141. The van der Waals surface area contributed by atoms with Gasteiger partial charge in [0.15, 0.2) is 0 Å². The lowest BCUT2D eigenvalue weighted by Gasteiger charge is -2.12. The fraction of sp³-hybridized carbons (Fsp3) is 0.364. The quantitative estimate of drug-likeness (QED) is 0.575. The number of amidine groups is 1. The van der Waals surface area contributed by atoms with Crippen molar-refractivity contribution in [3.05, 3.63) is 29.8 Å². The largest absolute Gasteiger partial charge is 0.488 e. The number of benzene rings is 1. The Morgan fingerprint density at radius 1 is 1.53 bits per heavy atom. The Balaban J connectivity index is 2.07. The minimum Gasteiger partial charge on any atom is -0.488 e. The zero-order chi connectivity index (χ0) is 10.7. The summed E-state index contributed by atoms with van der Waals surface area (Å²) >= 11 is 0. The molecule has 80 valence electrons. The lowest BCUT2D eigenvalue weighted by atomic mass is 10.2. The second kappa shape index (κ2) is 4.31. The molecule has 4 nitrogen and oxygen atoms in total. The third kappa shape index (κ3) is 2.47. The summed E-state index contributed by atoms with van der Waals surface area (Å²) in [5.74, 6) is 0.807. The molecule has 15 heavy (non-hydrogen) atoms. The fourth-order valence-corrected chi connectivity index (χ4v) is 1.54. The predicted octanol–water partition coefficient (Wildman–Crippen LogP) is 1.14. The number of nitrogen functional groups attached to an aromatic ring is 1. The van der Waals surface area contributed by atoms with Crippen LogP contribution in [0.4, 0.5) is 0 Å². The molecule has 0 aliphatic carbocycles. The first-order chi connectivity index (χ1) is 7.25. The van der Waals surface area contributed by atoms with Gasteiger partial charge in [-0.2, -0.15) is 0 Å². The molecule has 0 spiro atoms. The third-order valence-electron chi connectivity index (χ3n) is 2.34. The summed E-state index contributed by atoms with van der Waals surface area (Å²) in [4.78, 5) is 0. The van der Waals surface area contributed by atoms with Crippen LogP contribution in [0.1, 0.15) is 12.0 Å². The molecule has 0 aromatic heterocycles. The van der Waals surface area contributed by atoms with Crippen LogP contribution >= 0.6 is 0 Å². The summed E-state index contributed by atoms with van der Waals surface area (Å²) in [6.07, 6.45) is 1.05. The Kier molecular flexibility index (Phi) is 2.87. The number of hydrogen-bond acceptors (Lipinski definition) is 3. The molecule has 0 saturated carbocycles. The summed E-state index contributed by atoms with van der Waals surface area (Å²) in [6.45, 7) is 1.40. The Morgan fingerprint density at radius 2 is 2.40 bits per heavy atom. The molecular formula is C11H14N2O2. The van der Waals surface area contributed by atoms with E-state index in [0.717, 1.165) is 18.8 Å². The van der Waals surface area contributed by atoms with Crippen LogP contribution in [0, 0.1) is 5.41 Å². The van der Waals surface area contributed by atoms with E-state index in [1.807, 2.05) is 12.1 Å². The van der Waals surface area contributed by atoms with Crippen LogP contribution in [0.2, 0.25) is 0 Å². The molecule has 1 fully saturated rings. The van der Waals surface area contributed by atoms with Crippen molar-refractivity contribution < 1.29 is 9.47 Å². The van der Waals surface area contributed by atoms with Gasteiger partial charge >= 0.3 is 0 Å². The van der Waals surface area contributed by atoms with E-state index in [-0.39, 0.29) is 11.9 Å². The Labute approximate surface area is 88.5 Å². The molecule has 1 unspecified atom stereocenters. The summed E-state index contributed by atoms with van der Waals surface area (Å²) in [7, 11) is 0. The maximum Gasteiger partial charge on any atom is 0.124 e. The summed E-state index contributed by atoms with van der Waals surface area (Å²) < 4.78 is 10.9. The molecule has 3 N–H and O–H groups in total. The Bertz CT molecular complexity index is 359. The molecule has 0 radical (unpaired) electrons. The molecule has 1 aliphatic heterocycles. The van der Waals surface area contributed by atoms with Crippen molar-refractivity contribution in [2.24, 2.45) is 5.73 Å². The molecular weight excluding hydrogens is 192 g/mol. The van der Waals surface area contributed by atoms with E-state index in [9.17, 15) is 0 Å². The molecule has 0 amide bonds. The van der Waals surface area contributed by atoms with E-state index in [1.165, 1.54) is 0 Å². The average Bonchev–Trinajstić information content (AvgIpc) is 2.71. The van der Waals surface area contributed by atoms with Crippen LogP contribution in [0.3, 0.4) is 0 Å². The third-order valence-corrected chi connectivity index (χ3v) is 2.34. The first-order valence-corrected chi connectivity index (χ1v) is 4.94. The summed E-state index contributed by atoms with van der Waals surface area (Å²) in [5.41, 5.74) is 6.08. The minimum atomic E-state index is 0.0584. The van der Waals surface area contributed by atoms with Crippen molar-refractivity contribution in [3.8, 4) is 5.75 Å². The molecule has 0 bridgehead atoms. The molecule has 1 heterocycles. The van der Waals surface area contributed by atoms with Crippen LogP contribution in [0.15, 0.2) is 24.3 Å². The first-order valence-electron chi connectivity index (χ1n) is 4.94. The van der Waals surface area contributed by atoms with Crippen molar-refractivity contribution in [3.63, 3.8) is 0 Å². The lowest BCUT2D eigenvalue weighted by Crippen LogP contribution is -2.16. The predicted molar refractivity (Wildman–Crippen MR) is 57.3 cm³/mol. The highest BCUT2D eigenvalue weighted by Gasteiger charge is 2.17. The van der Waals surface area contributed by atoms with Crippen LogP contribution in [-0.4, -0.2) is 25.2 Å². The van der Waals surface area contributed by atoms with E-state index < -0.39 is 0 Å². The molecule has 1 aromatic carbocycles. The Morgan fingerprint density at radius 3 is 3.07 bits per heavy atom. The van der Waals surface area contributed by atoms with Crippen molar-refractivity contribution in [2.75, 3.05) is 13.2 Å². The zero-order valence-corrected chi connectivity index (χ0v) is 8.40.